The van der Waals surface area contributed by atoms with E-state index in [0.29, 0.717) is 17.7 Å². The van der Waals surface area contributed by atoms with Crippen molar-refractivity contribution in [2.24, 2.45) is 5.92 Å². The Labute approximate surface area is 216 Å². The minimum absolute atomic E-state index is 0.0839. The molecule has 0 heterocycles. The first kappa shape index (κ1) is 25.9. The predicted octanol–water partition coefficient (Wildman–Crippen LogP) is 5.98. The highest BCUT2D eigenvalue weighted by Gasteiger charge is 2.22. The van der Waals surface area contributed by atoms with Crippen molar-refractivity contribution in [2.75, 3.05) is 4.72 Å². The van der Waals surface area contributed by atoms with Crippen molar-refractivity contribution < 1.29 is 23.1 Å². The zero-order valence-corrected chi connectivity index (χ0v) is 21.1. The maximum Gasteiger partial charge on any atom is 0.307 e. The molecule has 1 unspecified atom stereocenters. The molecule has 7 heteroatoms. The molecule has 6 nitrogen and oxygen atoms in total. The lowest BCUT2D eigenvalue weighted by molar-refractivity contribution is -0.141. The molecule has 1 atom stereocenters. The van der Waals surface area contributed by atoms with E-state index in [-0.39, 0.29) is 17.1 Å². The summed E-state index contributed by atoms with van der Waals surface area (Å²) < 4.78 is 27.8. The fourth-order valence-corrected chi connectivity index (χ4v) is 5.06. The quantitative estimate of drug-likeness (QED) is 0.254. The highest BCUT2D eigenvalue weighted by atomic mass is 32.2. The van der Waals surface area contributed by atoms with Gasteiger partial charge in [-0.25, -0.2) is 8.42 Å². The number of aryl methyl sites for hydroxylation is 1. The van der Waals surface area contributed by atoms with Crippen LogP contribution in [0.25, 0.3) is 11.1 Å². The first-order valence-electron chi connectivity index (χ1n) is 11.8. The maximum absolute atomic E-state index is 12.8. The largest absolute Gasteiger partial charge is 0.481 e. The fourth-order valence-electron chi connectivity index (χ4n) is 4.00. The molecule has 0 spiro atoms. The van der Waals surface area contributed by atoms with Gasteiger partial charge in [0.25, 0.3) is 10.0 Å². The van der Waals surface area contributed by atoms with Crippen LogP contribution < -0.4 is 4.72 Å². The summed E-state index contributed by atoms with van der Waals surface area (Å²) in [5.41, 5.74) is 4.45. The van der Waals surface area contributed by atoms with Crippen molar-refractivity contribution in [3.05, 3.63) is 120 Å². The predicted molar refractivity (Wildman–Crippen MR) is 144 cm³/mol. The van der Waals surface area contributed by atoms with Crippen LogP contribution in [0.2, 0.25) is 0 Å². The first-order valence-corrected chi connectivity index (χ1v) is 13.3. The van der Waals surface area contributed by atoms with E-state index in [0.717, 1.165) is 22.3 Å². The van der Waals surface area contributed by atoms with Gasteiger partial charge in [-0.2, -0.15) is 0 Å². The van der Waals surface area contributed by atoms with E-state index < -0.39 is 21.9 Å². The van der Waals surface area contributed by atoms with Crippen LogP contribution in [0.5, 0.6) is 0 Å². The Morgan fingerprint density at radius 2 is 1.35 bits per heavy atom. The van der Waals surface area contributed by atoms with Crippen LogP contribution in [0.4, 0.5) is 5.69 Å². The van der Waals surface area contributed by atoms with Gasteiger partial charge in [-0.1, -0.05) is 84.4 Å². The molecule has 4 rings (SSSR count). The Bertz CT molecular complexity index is 1480. The standard InChI is InChI=1S/C30H27NO5S/c1-21-7-17-28(18-8-21)37(35,36)31-27-15-13-24(14-16-27)23-9-11-25(12-10-23)29(32)20-26(30(33)34)19-22-5-3-2-4-6-22/h2-18,26,31H,19-20H2,1H3,(H,33,34). The molecular weight excluding hydrogens is 486 g/mol. The number of rotatable bonds is 10. The lowest BCUT2D eigenvalue weighted by atomic mass is 9.91. The van der Waals surface area contributed by atoms with Gasteiger partial charge in [-0.05, 0) is 54.3 Å². The minimum atomic E-state index is -3.69. The van der Waals surface area contributed by atoms with Crippen molar-refractivity contribution >= 4 is 27.5 Å². The number of anilines is 1. The van der Waals surface area contributed by atoms with Crippen molar-refractivity contribution in [1.29, 1.82) is 0 Å². The summed E-state index contributed by atoms with van der Waals surface area (Å²) in [6.45, 7) is 1.89. The number of hydrogen-bond acceptors (Lipinski definition) is 4. The second-order valence-corrected chi connectivity index (χ2v) is 10.6. The van der Waals surface area contributed by atoms with Gasteiger partial charge in [0.15, 0.2) is 5.78 Å². The molecule has 0 saturated carbocycles. The van der Waals surface area contributed by atoms with Crippen molar-refractivity contribution in [3.8, 4) is 11.1 Å². The van der Waals surface area contributed by atoms with E-state index in [4.69, 9.17) is 0 Å². The van der Waals surface area contributed by atoms with E-state index >= 15 is 0 Å². The third-order valence-corrected chi connectivity index (χ3v) is 7.51. The van der Waals surface area contributed by atoms with Crippen LogP contribution in [-0.2, 0) is 21.2 Å². The normalized spacial score (nSPS) is 12.0. The van der Waals surface area contributed by atoms with E-state index in [1.54, 1.807) is 72.8 Å². The number of Topliss-reactive ketones (excluding diaryl/α,β-unsaturated/α-hetero) is 1. The number of carboxylic acids is 1. The van der Waals surface area contributed by atoms with Gasteiger partial charge < -0.3 is 5.11 Å². The molecule has 4 aromatic carbocycles. The zero-order chi connectivity index (χ0) is 26.4. The molecule has 0 saturated heterocycles. The van der Waals surface area contributed by atoms with Crippen LogP contribution >= 0.6 is 0 Å². The Kier molecular flexibility index (Phi) is 7.84. The Morgan fingerprint density at radius 1 is 0.784 bits per heavy atom. The van der Waals surface area contributed by atoms with Crippen molar-refractivity contribution in [1.82, 2.24) is 0 Å². The van der Waals surface area contributed by atoms with Crippen LogP contribution in [0, 0.1) is 12.8 Å². The zero-order valence-electron chi connectivity index (χ0n) is 20.3. The molecule has 0 aliphatic heterocycles. The summed E-state index contributed by atoms with van der Waals surface area (Å²) in [5, 5.41) is 9.60. The molecule has 0 aliphatic carbocycles. The number of nitrogens with one attached hydrogen (secondary N) is 1. The summed E-state index contributed by atoms with van der Waals surface area (Å²) in [6, 6.07) is 29.8. The third-order valence-electron chi connectivity index (χ3n) is 6.11. The van der Waals surface area contributed by atoms with Crippen LogP contribution in [0.3, 0.4) is 0 Å². The Morgan fingerprint density at radius 3 is 1.92 bits per heavy atom. The summed E-state index contributed by atoms with van der Waals surface area (Å²) >= 11 is 0. The molecule has 0 bridgehead atoms. The van der Waals surface area contributed by atoms with Crippen LogP contribution in [0.1, 0.15) is 27.9 Å². The highest BCUT2D eigenvalue weighted by molar-refractivity contribution is 7.92. The van der Waals surface area contributed by atoms with Gasteiger partial charge in [0.05, 0.1) is 10.8 Å². The second-order valence-electron chi connectivity index (χ2n) is 8.93. The number of ketones is 1. The van der Waals surface area contributed by atoms with Gasteiger partial charge in [0.2, 0.25) is 0 Å². The number of carboxylic acid groups (broad SMARTS) is 1. The smallest absolute Gasteiger partial charge is 0.307 e. The average molecular weight is 514 g/mol. The molecule has 2 N–H and O–H groups in total. The number of carbonyl (C=O) groups excluding carboxylic acids is 1. The summed E-state index contributed by atoms with van der Waals surface area (Å²) in [6.07, 6.45) is 0.208. The van der Waals surface area contributed by atoms with E-state index in [1.807, 2.05) is 37.3 Å². The lowest BCUT2D eigenvalue weighted by Gasteiger charge is -2.12. The first-order chi connectivity index (χ1) is 17.7. The molecule has 4 aromatic rings. The van der Waals surface area contributed by atoms with Gasteiger partial charge in [0.1, 0.15) is 0 Å². The van der Waals surface area contributed by atoms with Crippen LogP contribution in [-0.4, -0.2) is 25.3 Å². The molecule has 0 radical (unpaired) electrons. The van der Waals surface area contributed by atoms with Gasteiger partial charge >= 0.3 is 5.97 Å². The van der Waals surface area contributed by atoms with E-state index in [9.17, 15) is 23.1 Å². The van der Waals surface area contributed by atoms with Crippen LogP contribution in [0.15, 0.2) is 108 Å². The number of benzene rings is 4. The number of sulfonamides is 1. The number of aliphatic carboxylic acids is 1. The monoisotopic (exact) mass is 513 g/mol. The summed E-state index contributed by atoms with van der Waals surface area (Å²) in [4.78, 5) is 24.7. The fraction of sp³-hybridized carbons (Fsp3) is 0.133. The molecule has 37 heavy (non-hydrogen) atoms. The number of hydrogen-bond donors (Lipinski definition) is 2. The number of carbonyl (C=O) groups is 2. The Balaban J connectivity index is 1.41. The molecule has 0 amide bonds. The second kappa shape index (κ2) is 11.2. The Hall–Kier alpha value is -4.23. The van der Waals surface area contributed by atoms with E-state index in [1.165, 1.54) is 0 Å². The van der Waals surface area contributed by atoms with Crippen molar-refractivity contribution in [3.63, 3.8) is 0 Å². The highest BCUT2D eigenvalue weighted by Crippen LogP contribution is 2.25. The molecule has 188 valence electrons. The SMILES string of the molecule is Cc1ccc(S(=O)(=O)Nc2ccc(-c3ccc(C(=O)CC(Cc4ccccc4)C(=O)O)cc3)cc2)cc1. The molecule has 0 fully saturated rings. The lowest BCUT2D eigenvalue weighted by Crippen LogP contribution is -2.20. The van der Waals surface area contributed by atoms with Crippen molar-refractivity contribution in [2.45, 2.75) is 24.7 Å². The third kappa shape index (κ3) is 6.71. The van der Waals surface area contributed by atoms with Gasteiger partial charge in [-0.15, -0.1) is 0 Å². The van der Waals surface area contributed by atoms with Gasteiger partial charge in [0, 0.05) is 17.7 Å². The van der Waals surface area contributed by atoms with Gasteiger partial charge in [-0.3, -0.25) is 14.3 Å². The maximum atomic E-state index is 12.8. The topological polar surface area (TPSA) is 101 Å². The molecule has 0 aliphatic rings. The minimum Gasteiger partial charge on any atom is -0.481 e. The molecule has 0 aromatic heterocycles. The molecular formula is C30H27NO5S. The average Bonchev–Trinajstić information content (AvgIpc) is 2.89. The summed E-state index contributed by atoms with van der Waals surface area (Å²) in [7, 11) is -3.69. The summed E-state index contributed by atoms with van der Waals surface area (Å²) in [5.74, 6) is -2.02. The van der Waals surface area contributed by atoms with E-state index in [2.05, 4.69) is 4.72 Å².